The van der Waals surface area contributed by atoms with E-state index in [0.29, 0.717) is 0 Å². The lowest BCUT2D eigenvalue weighted by Crippen LogP contribution is -2.29. The van der Waals surface area contributed by atoms with Crippen LogP contribution in [0.4, 0.5) is 0 Å². The molecule has 1 saturated heterocycles. The zero-order chi connectivity index (χ0) is 7.52. The molecule has 2 heterocycles. The smallest absolute Gasteiger partial charge is 0.0667 e. The van der Waals surface area contributed by atoms with Crippen LogP contribution in [-0.4, -0.2) is 27.7 Å². The Morgan fingerprint density at radius 2 is 2.73 bits per heavy atom. The first kappa shape index (κ1) is 7.15. The summed E-state index contributed by atoms with van der Waals surface area (Å²) in [6.07, 6.45) is 3.07. The van der Waals surface area contributed by atoms with Crippen LogP contribution >= 0.6 is 11.5 Å². The molecule has 60 valence electrons. The summed E-state index contributed by atoms with van der Waals surface area (Å²) >= 11 is 1.47. The molecule has 4 nitrogen and oxygen atoms in total. The second-order valence-electron chi connectivity index (χ2n) is 2.57. The zero-order valence-electron chi connectivity index (χ0n) is 6.16. The van der Waals surface area contributed by atoms with E-state index in [9.17, 15) is 0 Å². The molecule has 1 aliphatic heterocycles. The minimum Gasteiger partial charge on any atom is -0.255 e. The average molecular weight is 170 g/mol. The Balaban J connectivity index is 1.90. The second kappa shape index (κ2) is 3.25. The summed E-state index contributed by atoms with van der Waals surface area (Å²) in [5.41, 5.74) is 3.28. The Morgan fingerprint density at radius 3 is 3.36 bits per heavy atom. The fourth-order valence-electron chi connectivity index (χ4n) is 1.17. The number of aromatic nitrogens is 2. The van der Waals surface area contributed by atoms with Crippen LogP contribution in [0.5, 0.6) is 0 Å². The van der Waals surface area contributed by atoms with Gasteiger partial charge in [0.1, 0.15) is 0 Å². The Labute approximate surface area is 69.4 Å². The summed E-state index contributed by atoms with van der Waals surface area (Å²) in [4.78, 5) is 1.22. The van der Waals surface area contributed by atoms with Gasteiger partial charge in [0.15, 0.2) is 0 Å². The van der Waals surface area contributed by atoms with Crippen molar-refractivity contribution >= 4 is 11.5 Å². The first-order valence-corrected chi connectivity index (χ1v) is 4.47. The van der Waals surface area contributed by atoms with Crippen LogP contribution in [0.1, 0.15) is 11.3 Å². The normalized spacial score (nSPS) is 19.3. The molecule has 0 atom stereocenters. The van der Waals surface area contributed by atoms with Gasteiger partial charge in [-0.05, 0) is 18.0 Å². The molecule has 0 unspecified atom stereocenters. The number of hydrazine groups is 1. The third kappa shape index (κ3) is 1.74. The van der Waals surface area contributed by atoms with Crippen LogP contribution in [0, 0.1) is 0 Å². The van der Waals surface area contributed by atoms with Crippen molar-refractivity contribution in [3.63, 3.8) is 0 Å². The van der Waals surface area contributed by atoms with E-state index in [0.717, 1.165) is 19.6 Å². The van der Waals surface area contributed by atoms with Crippen LogP contribution in [0.2, 0.25) is 0 Å². The molecule has 1 aliphatic rings. The van der Waals surface area contributed by atoms with Crippen LogP contribution in [0.15, 0.2) is 6.20 Å². The highest BCUT2D eigenvalue weighted by Gasteiger charge is 2.11. The van der Waals surface area contributed by atoms with Crippen molar-refractivity contribution in [3.05, 3.63) is 11.1 Å². The number of hydrogen-bond acceptors (Lipinski definition) is 5. The molecule has 2 rings (SSSR count). The molecule has 1 aromatic rings. The standard InChI is InChI=1S/C6H10N4S/c1-2-8-10(3-1)5-6-4-7-9-11-6/h4,8H,1-3,5H2. The lowest BCUT2D eigenvalue weighted by Gasteiger charge is -2.11. The molecule has 1 N–H and O–H groups in total. The molecule has 0 spiro atoms. The predicted molar refractivity (Wildman–Crippen MR) is 42.9 cm³/mol. The Morgan fingerprint density at radius 1 is 1.73 bits per heavy atom. The lowest BCUT2D eigenvalue weighted by molar-refractivity contribution is 0.247. The highest BCUT2D eigenvalue weighted by atomic mass is 32.1. The SMILES string of the molecule is c1nnsc1CN1CCCN1. The van der Waals surface area contributed by atoms with Crippen LogP contribution in [0.3, 0.4) is 0 Å². The van der Waals surface area contributed by atoms with Gasteiger partial charge in [-0.2, -0.15) is 0 Å². The van der Waals surface area contributed by atoms with Gasteiger partial charge in [0.2, 0.25) is 0 Å². The monoisotopic (exact) mass is 170 g/mol. The van der Waals surface area contributed by atoms with E-state index >= 15 is 0 Å². The van der Waals surface area contributed by atoms with Gasteiger partial charge in [0, 0.05) is 13.1 Å². The molecular weight excluding hydrogens is 160 g/mol. The van der Waals surface area contributed by atoms with E-state index in [1.54, 1.807) is 0 Å². The van der Waals surface area contributed by atoms with Gasteiger partial charge in [-0.15, -0.1) is 5.10 Å². The zero-order valence-corrected chi connectivity index (χ0v) is 6.97. The molecule has 1 fully saturated rings. The van der Waals surface area contributed by atoms with E-state index in [2.05, 4.69) is 20.0 Å². The van der Waals surface area contributed by atoms with Gasteiger partial charge in [0.05, 0.1) is 17.6 Å². The van der Waals surface area contributed by atoms with E-state index in [-0.39, 0.29) is 0 Å². The maximum absolute atomic E-state index is 3.80. The van der Waals surface area contributed by atoms with Gasteiger partial charge < -0.3 is 0 Å². The fourth-order valence-corrected chi connectivity index (χ4v) is 1.67. The van der Waals surface area contributed by atoms with E-state index in [1.165, 1.54) is 22.8 Å². The summed E-state index contributed by atoms with van der Waals surface area (Å²) in [6, 6.07) is 0. The van der Waals surface area contributed by atoms with Crippen LogP contribution in [0.25, 0.3) is 0 Å². The van der Waals surface area contributed by atoms with Crippen molar-refractivity contribution < 1.29 is 0 Å². The summed E-state index contributed by atoms with van der Waals surface area (Å²) < 4.78 is 3.80. The van der Waals surface area contributed by atoms with Gasteiger partial charge >= 0.3 is 0 Å². The number of hydrogen-bond donors (Lipinski definition) is 1. The fraction of sp³-hybridized carbons (Fsp3) is 0.667. The van der Waals surface area contributed by atoms with Crippen molar-refractivity contribution in [2.45, 2.75) is 13.0 Å². The maximum Gasteiger partial charge on any atom is 0.0667 e. The average Bonchev–Trinajstić information content (AvgIpc) is 2.60. The molecule has 0 aliphatic carbocycles. The van der Waals surface area contributed by atoms with Crippen molar-refractivity contribution in [2.75, 3.05) is 13.1 Å². The maximum atomic E-state index is 3.80. The van der Waals surface area contributed by atoms with Gasteiger partial charge in [0.25, 0.3) is 0 Å². The molecule has 0 radical (unpaired) electrons. The molecule has 11 heavy (non-hydrogen) atoms. The van der Waals surface area contributed by atoms with E-state index in [1.807, 2.05) is 6.20 Å². The number of rotatable bonds is 2. The molecule has 5 heteroatoms. The van der Waals surface area contributed by atoms with Crippen molar-refractivity contribution in [2.24, 2.45) is 0 Å². The third-order valence-electron chi connectivity index (χ3n) is 1.69. The van der Waals surface area contributed by atoms with Gasteiger partial charge in [-0.25, -0.2) is 5.01 Å². The second-order valence-corrected chi connectivity index (χ2v) is 3.44. The Bertz CT molecular complexity index is 204. The molecule has 0 amide bonds. The minimum atomic E-state index is 0.942. The van der Waals surface area contributed by atoms with E-state index < -0.39 is 0 Å². The van der Waals surface area contributed by atoms with Gasteiger partial charge in [-0.1, -0.05) is 4.49 Å². The quantitative estimate of drug-likeness (QED) is 0.690. The molecular formula is C6H10N4S. The third-order valence-corrected chi connectivity index (χ3v) is 2.34. The van der Waals surface area contributed by atoms with Gasteiger partial charge in [-0.3, -0.25) is 5.43 Å². The number of nitrogens with zero attached hydrogens (tertiary/aromatic N) is 3. The lowest BCUT2D eigenvalue weighted by atomic mass is 10.4. The number of nitrogens with one attached hydrogen (secondary N) is 1. The Hall–Kier alpha value is -0.520. The Kier molecular flexibility index (Phi) is 2.11. The largest absolute Gasteiger partial charge is 0.255 e. The molecule has 0 bridgehead atoms. The highest BCUT2D eigenvalue weighted by molar-refractivity contribution is 7.05. The van der Waals surface area contributed by atoms with Crippen LogP contribution < -0.4 is 5.43 Å². The molecule has 1 aromatic heterocycles. The summed E-state index contributed by atoms with van der Waals surface area (Å²) in [7, 11) is 0. The molecule has 0 aromatic carbocycles. The van der Waals surface area contributed by atoms with Crippen molar-refractivity contribution in [3.8, 4) is 0 Å². The summed E-state index contributed by atoms with van der Waals surface area (Å²) in [6.45, 7) is 3.18. The van der Waals surface area contributed by atoms with E-state index in [4.69, 9.17) is 0 Å². The van der Waals surface area contributed by atoms with Crippen molar-refractivity contribution in [1.82, 2.24) is 20.0 Å². The first-order chi connectivity index (χ1) is 5.45. The highest BCUT2D eigenvalue weighted by Crippen LogP contribution is 2.07. The van der Waals surface area contributed by atoms with Crippen LogP contribution in [-0.2, 0) is 6.54 Å². The minimum absolute atomic E-state index is 0.942. The summed E-state index contributed by atoms with van der Waals surface area (Å²) in [5.74, 6) is 0. The first-order valence-electron chi connectivity index (χ1n) is 3.70. The topological polar surface area (TPSA) is 41.1 Å². The molecule has 0 saturated carbocycles. The summed E-state index contributed by atoms with van der Waals surface area (Å²) in [5, 5.41) is 5.98. The van der Waals surface area contributed by atoms with Crippen molar-refractivity contribution in [1.29, 1.82) is 0 Å². The predicted octanol–water partition coefficient (Wildman–Crippen LogP) is 0.248.